The molecule has 1 saturated heterocycles. The third kappa shape index (κ3) is 5.44. The van der Waals surface area contributed by atoms with Gasteiger partial charge in [0.15, 0.2) is 16.8 Å². The summed E-state index contributed by atoms with van der Waals surface area (Å²) in [5.74, 6) is -2.98. The van der Waals surface area contributed by atoms with Crippen LogP contribution in [0, 0.1) is 17.6 Å². The summed E-state index contributed by atoms with van der Waals surface area (Å²) < 4.78 is 53.6. The van der Waals surface area contributed by atoms with Crippen LogP contribution in [0.3, 0.4) is 0 Å². The predicted octanol–water partition coefficient (Wildman–Crippen LogP) is 3.23. The number of amides is 2. The van der Waals surface area contributed by atoms with Crippen LogP contribution in [-0.2, 0) is 19.6 Å². The van der Waals surface area contributed by atoms with Crippen LogP contribution in [0.2, 0.25) is 0 Å². The number of aromatic nitrogens is 1. The van der Waals surface area contributed by atoms with Gasteiger partial charge < -0.3 is 10.2 Å². The summed E-state index contributed by atoms with van der Waals surface area (Å²) in [5.41, 5.74) is 0. The Kier molecular flexibility index (Phi) is 7.58. The van der Waals surface area contributed by atoms with Gasteiger partial charge in [-0.2, -0.15) is 4.31 Å². The van der Waals surface area contributed by atoms with E-state index >= 15 is 0 Å². The van der Waals surface area contributed by atoms with Crippen LogP contribution in [0.1, 0.15) is 38.5 Å². The van der Waals surface area contributed by atoms with Gasteiger partial charge in [-0.25, -0.2) is 22.2 Å². The van der Waals surface area contributed by atoms with Gasteiger partial charge in [-0.05, 0) is 30.5 Å². The average molecular weight is 513 g/mol. The maximum atomic E-state index is 13.6. The molecule has 1 aliphatic carbocycles. The number of nitrogens with one attached hydrogen (secondary N) is 1. The summed E-state index contributed by atoms with van der Waals surface area (Å²) in [7, 11) is -4.20. The molecule has 1 N–H and O–H groups in total. The SMILES string of the molecule is O=C(Nc1nccs1)C(CC1CCCCC1)N1CCN(S(=O)(=O)c2ccc(F)c(F)c2)CC1=O. The highest BCUT2D eigenvalue weighted by atomic mass is 32.2. The normalized spacial score (nSPS) is 19.2. The highest BCUT2D eigenvalue weighted by Gasteiger charge is 2.39. The molecular formula is C22H26F2N4O4S2. The van der Waals surface area contributed by atoms with Gasteiger partial charge in [-0.15, -0.1) is 11.3 Å². The fraction of sp³-hybridized carbons (Fsp3) is 0.500. The molecule has 0 bridgehead atoms. The molecule has 12 heteroatoms. The molecule has 34 heavy (non-hydrogen) atoms. The first-order chi connectivity index (χ1) is 16.3. The van der Waals surface area contributed by atoms with Crippen molar-refractivity contribution in [2.24, 2.45) is 5.92 Å². The molecule has 0 radical (unpaired) electrons. The molecule has 2 aliphatic rings. The van der Waals surface area contributed by atoms with Crippen LogP contribution in [0.25, 0.3) is 0 Å². The Balaban J connectivity index is 1.50. The molecule has 1 aliphatic heterocycles. The first kappa shape index (κ1) is 24.7. The van der Waals surface area contributed by atoms with Gasteiger partial charge in [0.1, 0.15) is 6.04 Å². The largest absolute Gasteiger partial charge is 0.328 e. The number of anilines is 1. The van der Waals surface area contributed by atoms with E-state index in [2.05, 4.69) is 10.3 Å². The van der Waals surface area contributed by atoms with Crippen molar-refractivity contribution < 1.29 is 26.8 Å². The van der Waals surface area contributed by atoms with E-state index in [0.29, 0.717) is 23.5 Å². The molecule has 184 valence electrons. The lowest BCUT2D eigenvalue weighted by atomic mass is 9.84. The number of thiazole rings is 1. The van der Waals surface area contributed by atoms with Crippen LogP contribution in [-0.4, -0.2) is 60.1 Å². The highest BCUT2D eigenvalue weighted by molar-refractivity contribution is 7.89. The van der Waals surface area contributed by atoms with E-state index in [1.807, 2.05) is 0 Å². The van der Waals surface area contributed by atoms with Crippen molar-refractivity contribution in [2.45, 2.75) is 49.5 Å². The second kappa shape index (κ2) is 10.4. The summed E-state index contributed by atoms with van der Waals surface area (Å²) in [6.07, 6.45) is 7.37. The number of halogens is 2. The summed E-state index contributed by atoms with van der Waals surface area (Å²) in [6, 6.07) is 1.57. The van der Waals surface area contributed by atoms with Gasteiger partial charge in [0.25, 0.3) is 0 Å². The van der Waals surface area contributed by atoms with Crippen molar-refractivity contribution in [3.63, 3.8) is 0 Å². The monoisotopic (exact) mass is 512 g/mol. The summed E-state index contributed by atoms with van der Waals surface area (Å²) >= 11 is 1.27. The number of rotatable bonds is 7. The fourth-order valence-electron chi connectivity index (χ4n) is 4.57. The Labute approximate surface area is 201 Å². The van der Waals surface area contributed by atoms with Crippen molar-refractivity contribution in [1.29, 1.82) is 0 Å². The molecule has 1 atom stereocenters. The number of hydrogen-bond acceptors (Lipinski definition) is 6. The van der Waals surface area contributed by atoms with Crippen LogP contribution in [0.15, 0.2) is 34.7 Å². The molecule has 2 heterocycles. The van der Waals surface area contributed by atoms with E-state index in [9.17, 15) is 26.8 Å². The minimum atomic E-state index is -4.20. The van der Waals surface area contributed by atoms with Crippen LogP contribution < -0.4 is 5.32 Å². The first-order valence-corrected chi connectivity index (χ1v) is 13.5. The van der Waals surface area contributed by atoms with Gasteiger partial charge in [0.05, 0.1) is 11.4 Å². The third-order valence-corrected chi connectivity index (χ3v) is 8.90. The van der Waals surface area contributed by atoms with Crippen molar-refractivity contribution in [2.75, 3.05) is 25.0 Å². The van der Waals surface area contributed by atoms with E-state index in [1.54, 1.807) is 11.6 Å². The number of hydrogen-bond donors (Lipinski definition) is 1. The van der Waals surface area contributed by atoms with Gasteiger partial charge >= 0.3 is 0 Å². The van der Waals surface area contributed by atoms with Crippen LogP contribution >= 0.6 is 11.3 Å². The Morgan fingerprint density at radius 2 is 1.94 bits per heavy atom. The summed E-state index contributed by atoms with van der Waals surface area (Å²) in [6.45, 7) is -0.518. The molecule has 0 spiro atoms. The molecule has 4 rings (SSSR count). The Hall–Kier alpha value is -2.44. The molecular weight excluding hydrogens is 486 g/mol. The Morgan fingerprint density at radius 3 is 2.59 bits per heavy atom. The minimum absolute atomic E-state index is 0.0183. The lowest BCUT2D eigenvalue weighted by Crippen LogP contribution is -2.58. The second-order valence-electron chi connectivity index (χ2n) is 8.58. The Bertz CT molecular complexity index is 1140. The minimum Gasteiger partial charge on any atom is -0.328 e. The standard InChI is InChI=1S/C22H26F2N4O4S2/c23-17-7-6-16(13-18(17)24)34(31,32)27-9-10-28(20(29)14-27)19(12-15-4-2-1-3-5-15)21(30)26-22-25-8-11-33-22/h6-8,11,13,15,19H,1-5,9-10,12,14H2,(H,25,26,30). The van der Waals surface area contributed by atoms with Crippen LogP contribution in [0.5, 0.6) is 0 Å². The molecule has 1 aromatic heterocycles. The average Bonchev–Trinajstić information content (AvgIpc) is 3.33. The Morgan fingerprint density at radius 1 is 1.18 bits per heavy atom. The smallest absolute Gasteiger partial charge is 0.248 e. The lowest BCUT2D eigenvalue weighted by Gasteiger charge is -2.39. The summed E-state index contributed by atoms with van der Waals surface area (Å²) in [5, 5.41) is 4.94. The van der Waals surface area contributed by atoms with E-state index in [-0.39, 0.29) is 19.0 Å². The third-order valence-electron chi connectivity index (χ3n) is 6.37. The fourth-order valence-corrected chi connectivity index (χ4v) is 6.50. The summed E-state index contributed by atoms with van der Waals surface area (Å²) in [4.78, 5) is 31.3. The quantitative estimate of drug-likeness (QED) is 0.614. The zero-order valence-electron chi connectivity index (χ0n) is 18.5. The van der Waals surface area contributed by atoms with Gasteiger partial charge in [0, 0.05) is 24.7 Å². The second-order valence-corrected chi connectivity index (χ2v) is 11.4. The van der Waals surface area contributed by atoms with Crippen molar-refractivity contribution in [3.8, 4) is 0 Å². The lowest BCUT2D eigenvalue weighted by molar-refractivity contribution is -0.142. The maximum Gasteiger partial charge on any atom is 0.248 e. The molecule has 2 aromatic rings. The topological polar surface area (TPSA) is 99.7 Å². The van der Waals surface area contributed by atoms with Gasteiger partial charge in [-0.1, -0.05) is 32.1 Å². The predicted molar refractivity (Wildman–Crippen MR) is 123 cm³/mol. The molecule has 1 aromatic carbocycles. The van der Waals surface area contributed by atoms with Crippen LogP contribution in [0.4, 0.5) is 13.9 Å². The number of piperazine rings is 1. The molecule has 1 unspecified atom stereocenters. The van der Waals surface area contributed by atoms with E-state index < -0.39 is 45.0 Å². The maximum absolute atomic E-state index is 13.6. The van der Waals surface area contributed by atoms with Crippen molar-refractivity contribution in [3.05, 3.63) is 41.4 Å². The molecule has 8 nitrogen and oxygen atoms in total. The molecule has 2 fully saturated rings. The number of sulfonamides is 1. The van der Waals surface area contributed by atoms with Crippen molar-refractivity contribution in [1.82, 2.24) is 14.2 Å². The molecule has 1 saturated carbocycles. The van der Waals surface area contributed by atoms with Crippen molar-refractivity contribution >= 4 is 38.3 Å². The van der Waals surface area contributed by atoms with Gasteiger partial charge in [0.2, 0.25) is 21.8 Å². The van der Waals surface area contributed by atoms with E-state index in [4.69, 9.17) is 0 Å². The van der Waals surface area contributed by atoms with E-state index in [0.717, 1.165) is 48.5 Å². The van der Waals surface area contributed by atoms with E-state index in [1.165, 1.54) is 16.2 Å². The first-order valence-electron chi connectivity index (χ1n) is 11.2. The zero-order chi connectivity index (χ0) is 24.3. The number of carbonyl (C=O) groups excluding carboxylic acids is 2. The number of benzene rings is 1. The van der Waals surface area contributed by atoms with Gasteiger partial charge in [-0.3, -0.25) is 9.59 Å². The number of nitrogens with zero attached hydrogens (tertiary/aromatic N) is 3. The number of carbonyl (C=O) groups is 2. The zero-order valence-corrected chi connectivity index (χ0v) is 20.1. The molecule has 2 amide bonds. The highest BCUT2D eigenvalue weighted by Crippen LogP contribution is 2.30.